The minimum Gasteiger partial charge on any atom is -0.497 e. The summed E-state index contributed by atoms with van der Waals surface area (Å²) >= 11 is 1.40. The Bertz CT molecular complexity index is 1300. The highest BCUT2D eigenvalue weighted by Gasteiger charge is 2.10. The first-order valence-corrected chi connectivity index (χ1v) is 10.0. The Labute approximate surface area is 177 Å². The molecular weight excluding hydrogens is 396 g/mol. The summed E-state index contributed by atoms with van der Waals surface area (Å²) in [5.41, 5.74) is 1.38. The van der Waals surface area contributed by atoms with Crippen LogP contribution in [0.4, 0.5) is 0 Å². The maximum absolute atomic E-state index is 12.7. The van der Waals surface area contributed by atoms with Crippen LogP contribution >= 0.6 is 11.3 Å². The second kappa shape index (κ2) is 8.68. The summed E-state index contributed by atoms with van der Waals surface area (Å²) in [5, 5.41) is 0. The molecule has 0 fully saturated rings. The average Bonchev–Trinajstić information content (AvgIpc) is 3.11. The minimum absolute atomic E-state index is 0.322. The SMILES string of the molecule is C#CCn1c(=NC(=O)c2ccc(Oc3ccccc3)cc2)sc2cc(OC)ccc21. The number of methoxy groups -OCH3 is 1. The molecule has 0 radical (unpaired) electrons. The zero-order valence-corrected chi connectivity index (χ0v) is 17.1. The van der Waals surface area contributed by atoms with Crippen molar-refractivity contribution in [2.45, 2.75) is 6.54 Å². The van der Waals surface area contributed by atoms with Crippen LogP contribution in [-0.2, 0) is 6.54 Å². The molecule has 6 heteroatoms. The van der Waals surface area contributed by atoms with Gasteiger partial charge < -0.3 is 14.0 Å². The summed E-state index contributed by atoms with van der Waals surface area (Å²) in [5.74, 6) is 4.40. The molecule has 0 aliphatic carbocycles. The van der Waals surface area contributed by atoms with Gasteiger partial charge in [0.05, 0.1) is 23.9 Å². The molecule has 0 bridgehead atoms. The Morgan fingerprint density at radius 3 is 2.43 bits per heavy atom. The maximum Gasteiger partial charge on any atom is 0.279 e. The van der Waals surface area contributed by atoms with Gasteiger partial charge in [0.15, 0.2) is 4.80 Å². The lowest BCUT2D eigenvalue weighted by Gasteiger charge is -2.05. The fourth-order valence-electron chi connectivity index (χ4n) is 2.95. The standard InChI is InChI=1S/C24H18N2O3S/c1-3-15-26-21-14-13-20(28-2)16-22(21)30-24(26)25-23(27)17-9-11-19(12-10-17)29-18-7-5-4-6-8-18/h1,4-14,16H,15H2,2H3. The lowest BCUT2D eigenvalue weighted by Crippen LogP contribution is -2.16. The van der Waals surface area contributed by atoms with Gasteiger partial charge in [0.1, 0.15) is 17.2 Å². The Balaban J connectivity index is 1.64. The van der Waals surface area contributed by atoms with E-state index in [0.717, 1.165) is 21.7 Å². The van der Waals surface area contributed by atoms with E-state index in [2.05, 4.69) is 10.9 Å². The van der Waals surface area contributed by atoms with Gasteiger partial charge >= 0.3 is 0 Å². The molecule has 0 aliphatic heterocycles. The molecular formula is C24H18N2O3S. The number of ether oxygens (including phenoxy) is 2. The van der Waals surface area contributed by atoms with Crippen molar-refractivity contribution in [3.05, 3.63) is 83.2 Å². The number of para-hydroxylation sites is 1. The van der Waals surface area contributed by atoms with Crippen LogP contribution in [-0.4, -0.2) is 17.6 Å². The summed E-state index contributed by atoms with van der Waals surface area (Å²) < 4.78 is 13.8. The van der Waals surface area contributed by atoms with E-state index >= 15 is 0 Å². The Hall–Kier alpha value is -3.82. The maximum atomic E-state index is 12.7. The van der Waals surface area contributed by atoms with Crippen molar-refractivity contribution in [1.82, 2.24) is 4.57 Å². The molecule has 1 heterocycles. The topological polar surface area (TPSA) is 52.8 Å². The van der Waals surface area contributed by atoms with Crippen LogP contribution in [0.2, 0.25) is 0 Å². The van der Waals surface area contributed by atoms with Crippen molar-refractivity contribution in [3.63, 3.8) is 0 Å². The van der Waals surface area contributed by atoms with Crippen LogP contribution < -0.4 is 14.3 Å². The highest BCUT2D eigenvalue weighted by molar-refractivity contribution is 7.16. The van der Waals surface area contributed by atoms with Gasteiger partial charge in [0.25, 0.3) is 5.91 Å². The minimum atomic E-state index is -0.342. The first kappa shape index (κ1) is 19.5. The predicted octanol–water partition coefficient (Wildman–Crippen LogP) is 4.88. The van der Waals surface area contributed by atoms with Crippen LogP contribution in [0.3, 0.4) is 0 Å². The molecule has 0 N–H and O–H groups in total. The number of terminal acetylenes is 1. The lowest BCUT2D eigenvalue weighted by molar-refractivity contribution is 0.0998. The zero-order chi connectivity index (χ0) is 20.9. The van der Waals surface area contributed by atoms with Crippen molar-refractivity contribution in [2.24, 2.45) is 4.99 Å². The molecule has 0 unspecified atom stereocenters. The number of nitrogens with zero attached hydrogens (tertiary/aromatic N) is 2. The fourth-order valence-corrected chi connectivity index (χ4v) is 4.01. The van der Waals surface area contributed by atoms with Gasteiger partial charge in [-0.05, 0) is 54.6 Å². The quantitative estimate of drug-likeness (QED) is 0.438. The molecule has 1 amide bonds. The molecule has 4 rings (SSSR count). The van der Waals surface area contributed by atoms with E-state index in [1.54, 1.807) is 31.4 Å². The van der Waals surface area contributed by atoms with Crippen molar-refractivity contribution in [1.29, 1.82) is 0 Å². The number of amides is 1. The first-order valence-electron chi connectivity index (χ1n) is 9.21. The van der Waals surface area contributed by atoms with E-state index in [1.807, 2.05) is 53.1 Å². The number of aromatic nitrogens is 1. The summed E-state index contributed by atoms with van der Waals surface area (Å²) in [6.07, 6.45) is 5.53. The van der Waals surface area contributed by atoms with E-state index < -0.39 is 0 Å². The van der Waals surface area contributed by atoms with Crippen molar-refractivity contribution in [3.8, 4) is 29.6 Å². The van der Waals surface area contributed by atoms with E-state index in [-0.39, 0.29) is 5.91 Å². The smallest absolute Gasteiger partial charge is 0.279 e. The first-order chi connectivity index (χ1) is 14.7. The van der Waals surface area contributed by atoms with Gasteiger partial charge in [-0.2, -0.15) is 4.99 Å². The Morgan fingerprint density at radius 2 is 1.73 bits per heavy atom. The third-order valence-corrected chi connectivity index (χ3v) is 5.46. The summed E-state index contributed by atoms with van der Waals surface area (Å²) in [6, 6.07) is 22.1. The van der Waals surface area contributed by atoms with E-state index in [1.165, 1.54) is 11.3 Å². The van der Waals surface area contributed by atoms with Crippen LogP contribution in [0.15, 0.2) is 77.8 Å². The number of carbonyl (C=O) groups is 1. The highest BCUT2D eigenvalue weighted by Crippen LogP contribution is 2.24. The monoisotopic (exact) mass is 414 g/mol. The highest BCUT2D eigenvalue weighted by atomic mass is 32.1. The van der Waals surface area contributed by atoms with Crippen molar-refractivity contribution in [2.75, 3.05) is 7.11 Å². The third-order valence-electron chi connectivity index (χ3n) is 4.42. The van der Waals surface area contributed by atoms with Gasteiger partial charge in [0, 0.05) is 5.56 Å². The van der Waals surface area contributed by atoms with Gasteiger partial charge in [0.2, 0.25) is 0 Å². The normalized spacial score (nSPS) is 11.3. The molecule has 5 nitrogen and oxygen atoms in total. The molecule has 0 atom stereocenters. The molecule has 0 aliphatic rings. The second-order valence-corrected chi connectivity index (χ2v) is 7.37. The summed E-state index contributed by atoms with van der Waals surface area (Å²) in [7, 11) is 1.62. The van der Waals surface area contributed by atoms with Gasteiger partial charge in [-0.3, -0.25) is 4.79 Å². The van der Waals surface area contributed by atoms with E-state index in [4.69, 9.17) is 15.9 Å². The predicted molar refractivity (Wildman–Crippen MR) is 118 cm³/mol. The van der Waals surface area contributed by atoms with Gasteiger partial charge in [-0.1, -0.05) is 35.5 Å². The number of carbonyl (C=O) groups excluding carboxylic acids is 1. The summed E-state index contributed by atoms with van der Waals surface area (Å²) in [4.78, 5) is 17.6. The third kappa shape index (κ3) is 4.12. The van der Waals surface area contributed by atoms with Gasteiger partial charge in [-0.25, -0.2) is 0 Å². The molecule has 30 heavy (non-hydrogen) atoms. The van der Waals surface area contributed by atoms with Gasteiger partial charge in [-0.15, -0.1) is 6.42 Å². The number of hydrogen-bond acceptors (Lipinski definition) is 4. The fraction of sp³-hybridized carbons (Fsp3) is 0.0833. The lowest BCUT2D eigenvalue weighted by atomic mass is 10.2. The number of rotatable bonds is 5. The molecule has 4 aromatic rings. The molecule has 1 aromatic heterocycles. The van der Waals surface area contributed by atoms with Crippen LogP contribution in [0.1, 0.15) is 10.4 Å². The van der Waals surface area contributed by atoms with Crippen molar-refractivity contribution >= 4 is 27.5 Å². The largest absolute Gasteiger partial charge is 0.497 e. The van der Waals surface area contributed by atoms with E-state index in [0.29, 0.717) is 22.7 Å². The number of thiazole rings is 1. The molecule has 148 valence electrons. The van der Waals surface area contributed by atoms with Crippen LogP contribution in [0, 0.1) is 12.3 Å². The van der Waals surface area contributed by atoms with Crippen LogP contribution in [0.5, 0.6) is 17.2 Å². The Morgan fingerprint density at radius 1 is 1.03 bits per heavy atom. The molecule has 0 saturated heterocycles. The number of fused-ring (bicyclic) bond motifs is 1. The molecule has 3 aromatic carbocycles. The van der Waals surface area contributed by atoms with E-state index in [9.17, 15) is 4.79 Å². The molecule has 0 saturated carbocycles. The zero-order valence-electron chi connectivity index (χ0n) is 16.2. The average molecular weight is 414 g/mol. The Kier molecular flexibility index (Phi) is 5.64. The number of hydrogen-bond donors (Lipinski definition) is 0. The van der Waals surface area contributed by atoms with Crippen LogP contribution in [0.25, 0.3) is 10.2 Å². The second-order valence-electron chi connectivity index (χ2n) is 6.37. The molecule has 0 spiro atoms. The number of benzene rings is 3. The summed E-state index contributed by atoms with van der Waals surface area (Å²) in [6.45, 7) is 0.322. The van der Waals surface area contributed by atoms with Crippen molar-refractivity contribution < 1.29 is 14.3 Å².